The minimum Gasteiger partial charge on any atom is -0.394 e. The first-order chi connectivity index (χ1) is 9.80. The van der Waals surface area contributed by atoms with Crippen LogP contribution in [-0.4, -0.2) is 53.7 Å². The lowest BCUT2D eigenvalue weighted by Gasteiger charge is -2.42. The lowest BCUT2D eigenvalue weighted by atomic mass is 10.0. The van der Waals surface area contributed by atoms with Gasteiger partial charge >= 0.3 is 0 Å². The topological polar surface area (TPSA) is 49.8 Å². The summed E-state index contributed by atoms with van der Waals surface area (Å²) < 4.78 is 5.73. The molecule has 0 saturated carbocycles. The summed E-state index contributed by atoms with van der Waals surface area (Å²) in [4.78, 5) is 14.4. The lowest BCUT2D eigenvalue weighted by molar-refractivity contribution is -0.146. The maximum Gasteiger partial charge on any atom is 0.178 e. The average molecular weight is 332 g/mol. The molecule has 0 amide bonds. The first-order valence-corrected chi connectivity index (χ1v) is 7.55. The SMILES string of the molecule is CC1(C)CN(CC(=O)c2cc(Cl)ccc2Cl)CC(CO)O1. The first kappa shape index (κ1) is 16.7. The molecule has 1 unspecified atom stereocenters. The predicted molar refractivity (Wildman–Crippen MR) is 83.3 cm³/mol. The van der Waals surface area contributed by atoms with Crippen molar-refractivity contribution in [2.24, 2.45) is 0 Å². The molecule has 21 heavy (non-hydrogen) atoms. The number of carbonyl (C=O) groups is 1. The minimum atomic E-state index is -0.399. The monoisotopic (exact) mass is 331 g/mol. The van der Waals surface area contributed by atoms with E-state index in [4.69, 9.17) is 27.9 Å². The van der Waals surface area contributed by atoms with Gasteiger partial charge in [-0.2, -0.15) is 0 Å². The molecule has 0 spiro atoms. The van der Waals surface area contributed by atoms with Crippen LogP contribution in [0.1, 0.15) is 24.2 Å². The second-order valence-corrected chi connectivity index (χ2v) is 6.74. The van der Waals surface area contributed by atoms with Gasteiger partial charge in [-0.1, -0.05) is 23.2 Å². The normalized spacial score (nSPS) is 22.2. The number of ketones is 1. The van der Waals surface area contributed by atoms with Crippen molar-refractivity contribution in [3.05, 3.63) is 33.8 Å². The smallest absolute Gasteiger partial charge is 0.178 e. The fraction of sp³-hybridized carbons (Fsp3) is 0.533. The van der Waals surface area contributed by atoms with Gasteiger partial charge in [-0.3, -0.25) is 9.69 Å². The van der Waals surface area contributed by atoms with Crippen molar-refractivity contribution in [1.82, 2.24) is 4.90 Å². The van der Waals surface area contributed by atoms with Gasteiger partial charge in [-0.05, 0) is 32.0 Å². The molecule has 1 heterocycles. The Balaban J connectivity index is 2.10. The molecule has 0 aliphatic carbocycles. The Kier molecular flexibility index (Phi) is 5.28. The van der Waals surface area contributed by atoms with Crippen molar-refractivity contribution >= 4 is 29.0 Å². The standard InChI is InChI=1S/C15H19Cl2NO3/c1-15(2)9-18(6-11(8-19)21-15)7-14(20)12-5-10(16)3-4-13(12)17/h3-5,11,19H,6-9H2,1-2H3. The number of hydrogen-bond acceptors (Lipinski definition) is 4. The Morgan fingerprint density at radius 2 is 2.19 bits per heavy atom. The van der Waals surface area contributed by atoms with Crippen LogP contribution in [-0.2, 0) is 4.74 Å². The number of carbonyl (C=O) groups excluding carboxylic acids is 1. The third-order valence-corrected chi connectivity index (χ3v) is 3.92. The van der Waals surface area contributed by atoms with Crippen LogP contribution in [0.25, 0.3) is 0 Å². The fourth-order valence-electron chi connectivity index (χ4n) is 2.63. The van der Waals surface area contributed by atoms with E-state index >= 15 is 0 Å². The van der Waals surface area contributed by atoms with Crippen molar-refractivity contribution in [3.8, 4) is 0 Å². The van der Waals surface area contributed by atoms with E-state index in [9.17, 15) is 9.90 Å². The molecule has 1 aliphatic heterocycles. The molecule has 1 aromatic rings. The summed E-state index contributed by atoms with van der Waals surface area (Å²) in [5.74, 6) is -0.0862. The van der Waals surface area contributed by atoms with E-state index in [0.717, 1.165) is 0 Å². The van der Waals surface area contributed by atoms with Crippen molar-refractivity contribution < 1.29 is 14.6 Å². The molecule has 1 aromatic carbocycles. The number of benzene rings is 1. The van der Waals surface area contributed by atoms with Crippen LogP contribution >= 0.6 is 23.2 Å². The molecule has 116 valence electrons. The minimum absolute atomic E-state index is 0.0635. The number of aliphatic hydroxyl groups is 1. The highest BCUT2D eigenvalue weighted by Gasteiger charge is 2.34. The summed E-state index contributed by atoms with van der Waals surface area (Å²) >= 11 is 12.0. The Labute approximate surface area is 134 Å². The molecule has 0 bridgehead atoms. The van der Waals surface area contributed by atoms with Crippen LogP contribution < -0.4 is 0 Å². The molecule has 1 N–H and O–H groups in total. The number of morpholine rings is 1. The van der Waals surface area contributed by atoms with Crippen molar-refractivity contribution in [2.45, 2.75) is 25.6 Å². The van der Waals surface area contributed by atoms with Gasteiger partial charge < -0.3 is 9.84 Å². The van der Waals surface area contributed by atoms with Gasteiger partial charge in [0, 0.05) is 23.7 Å². The number of Topliss-reactive ketones (excluding diaryl/α,β-unsaturated/α-hetero) is 1. The summed E-state index contributed by atoms with van der Waals surface area (Å²) in [6.45, 7) is 5.18. The number of nitrogens with zero attached hydrogens (tertiary/aromatic N) is 1. The molecule has 1 atom stereocenters. The summed E-state index contributed by atoms with van der Waals surface area (Å²) in [5.41, 5.74) is 0.0263. The van der Waals surface area contributed by atoms with Crippen molar-refractivity contribution in [1.29, 1.82) is 0 Å². The molecule has 6 heteroatoms. The van der Waals surface area contributed by atoms with Gasteiger partial charge in [0.15, 0.2) is 5.78 Å². The number of hydrogen-bond donors (Lipinski definition) is 1. The Morgan fingerprint density at radius 3 is 2.86 bits per heavy atom. The number of halogens is 2. The lowest BCUT2D eigenvalue weighted by Crippen LogP contribution is -2.54. The fourth-order valence-corrected chi connectivity index (χ4v) is 3.03. The molecular formula is C15H19Cl2NO3. The first-order valence-electron chi connectivity index (χ1n) is 6.80. The Morgan fingerprint density at radius 1 is 1.48 bits per heavy atom. The zero-order valence-electron chi connectivity index (χ0n) is 12.1. The maximum absolute atomic E-state index is 12.4. The zero-order valence-corrected chi connectivity index (χ0v) is 13.6. The summed E-state index contributed by atoms with van der Waals surface area (Å²) in [6.07, 6.45) is -0.281. The summed E-state index contributed by atoms with van der Waals surface area (Å²) in [7, 11) is 0. The van der Waals surface area contributed by atoms with Crippen LogP contribution in [0.4, 0.5) is 0 Å². The highest BCUT2D eigenvalue weighted by molar-refractivity contribution is 6.36. The van der Waals surface area contributed by atoms with Gasteiger partial charge in [0.1, 0.15) is 0 Å². The van der Waals surface area contributed by atoms with Gasteiger partial charge in [-0.15, -0.1) is 0 Å². The van der Waals surface area contributed by atoms with Crippen LogP contribution in [0.15, 0.2) is 18.2 Å². The van der Waals surface area contributed by atoms with E-state index in [1.54, 1.807) is 18.2 Å². The molecular weight excluding hydrogens is 313 g/mol. The van der Waals surface area contributed by atoms with Gasteiger partial charge in [-0.25, -0.2) is 0 Å². The van der Waals surface area contributed by atoms with E-state index in [0.29, 0.717) is 28.7 Å². The van der Waals surface area contributed by atoms with Gasteiger partial charge in [0.05, 0.1) is 29.9 Å². The second kappa shape index (κ2) is 6.63. The second-order valence-electron chi connectivity index (χ2n) is 5.90. The van der Waals surface area contributed by atoms with Crippen LogP contribution in [0.2, 0.25) is 10.0 Å². The molecule has 1 saturated heterocycles. The molecule has 2 rings (SSSR count). The van der Waals surface area contributed by atoms with E-state index in [1.807, 2.05) is 18.7 Å². The predicted octanol–water partition coefficient (Wildman–Crippen LogP) is 2.65. The molecule has 4 nitrogen and oxygen atoms in total. The highest BCUT2D eigenvalue weighted by Crippen LogP contribution is 2.24. The van der Waals surface area contributed by atoms with Crippen LogP contribution in [0.3, 0.4) is 0 Å². The van der Waals surface area contributed by atoms with Crippen molar-refractivity contribution in [3.63, 3.8) is 0 Å². The number of ether oxygens (including phenoxy) is 1. The zero-order chi connectivity index (χ0) is 15.6. The highest BCUT2D eigenvalue weighted by atomic mass is 35.5. The van der Waals surface area contributed by atoms with Crippen molar-refractivity contribution in [2.75, 3.05) is 26.2 Å². The van der Waals surface area contributed by atoms with E-state index in [2.05, 4.69) is 0 Å². The maximum atomic E-state index is 12.4. The summed E-state index contributed by atoms with van der Waals surface area (Å²) in [5, 5.41) is 10.2. The Bertz CT molecular complexity index is 534. The summed E-state index contributed by atoms with van der Waals surface area (Å²) in [6, 6.07) is 4.86. The van der Waals surface area contributed by atoms with Gasteiger partial charge in [0.25, 0.3) is 0 Å². The van der Waals surface area contributed by atoms with E-state index < -0.39 is 5.60 Å². The van der Waals surface area contributed by atoms with E-state index in [1.165, 1.54) is 0 Å². The molecule has 1 fully saturated rings. The third kappa shape index (κ3) is 4.41. The molecule has 0 aromatic heterocycles. The van der Waals surface area contributed by atoms with Crippen LogP contribution in [0.5, 0.6) is 0 Å². The largest absolute Gasteiger partial charge is 0.394 e. The number of aliphatic hydroxyl groups excluding tert-OH is 1. The molecule has 1 aliphatic rings. The Hall–Kier alpha value is -0.650. The third-order valence-electron chi connectivity index (χ3n) is 3.35. The van der Waals surface area contributed by atoms with Gasteiger partial charge in [0.2, 0.25) is 0 Å². The van der Waals surface area contributed by atoms with E-state index in [-0.39, 0.29) is 25.0 Å². The van der Waals surface area contributed by atoms with Crippen LogP contribution in [0, 0.1) is 0 Å². The molecule has 0 radical (unpaired) electrons. The quantitative estimate of drug-likeness (QED) is 0.862. The number of rotatable bonds is 4. The average Bonchev–Trinajstić information content (AvgIpc) is 2.39.